The molecular formula is C26H24BrFN6O3. The maximum Gasteiger partial charge on any atom is 0.414 e. The molecule has 3 heterocycles. The number of rotatable bonds is 7. The van der Waals surface area contributed by atoms with Crippen molar-refractivity contribution in [2.75, 3.05) is 44.7 Å². The van der Waals surface area contributed by atoms with Gasteiger partial charge in [0.05, 0.1) is 13.2 Å². The van der Waals surface area contributed by atoms with Gasteiger partial charge in [-0.15, -0.1) is 0 Å². The van der Waals surface area contributed by atoms with Crippen LogP contribution in [-0.4, -0.2) is 65.3 Å². The molecule has 2 N–H and O–H groups in total. The minimum absolute atomic E-state index is 0.120. The Morgan fingerprint density at radius 3 is 2.65 bits per heavy atom. The van der Waals surface area contributed by atoms with Crippen LogP contribution in [0.15, 0.2) is 65.3 Å². The van der Waals surface area contributed by atoms with Crippen molar-refractivity contribution >= 4 is 44.7 Å². The number of halogens is 2. The van der Waals surface area contributed by atoms with Crippen molar-refractivity contribution in [3.8, 4) is 17.0 Å². The second kappa shape index (κ2) is 11.6. The summed E-state index contributed by atoms with van der Waals surface area (Å²) in [6, 6.07) is 15.3. The fourth-order valence-corrected chi connectivity index (χ4v) is 4.38. The van der Waals surface area contributed by atoms with Gasteiger partial charge in [0.25, 0.3) is 0 Å². The van der Waals surface area contributed by atoms with Gasteiger partial charge in [0.2, 0.25) is 11.8 Å². The number of benzene rings is 2. The van der Waals surface area contributed by atoms with Gasteiger partial charge >= 0.3 is 6.09 Å². The Morgan fingerprint density at radius 1 is 1.08 bits per heavy atom. The fourth-order valence-electron chi connectivity index (χ4n) is 3.88. The molecule has 0 spiro atoms. The first-order valence-electron chi connectivity index (χ1n) is 11.8. The van der Waals surface area contributed by atoms with Crippen molar-refractivity contribution in [3.05, 3.63) is 71.1 Å². The van der Waals surface area contributed by atoms with Gasteiger partial charge < -0.3 is 20.1 Å². The van der Waals surface area contributed by atoms with Crippen LogP contribution in [0.4, 0.5) is 20.8 Å². The molecular weight excluding hydrogens is 543 g/mol. The topological polar surface area (TPSA) is 102 Å². The molecule has 2 aromatic carbocycles. The zero-order valence-corrected chi connectivity index (χ0v) is 21.4. The third kappa shape index (κ3) is 6.37. The fraction of sp³-hybridized carbons (Fsp3) is 0.231. The molecule has 1 saturated heterocycles. The lowest BCUT2D eigenvalue weighted by molar-refractivity contribution is 0.0385. The number of anilines is 2. The van der Waals surface area contributed by atoms with Crippen LogP contribution in [0.1, 0.15) is 0 Å². The molecule has 0 radical (unpaired) electrons. The number of amides is 1. The molecule has 1 amide bonds. The van der Waals surface area contributed by atoms with Gasteiger partial charge in [0.15, 0.2) is 5.65 Å². The average Bonchev–Trinajstić information content (AvgIpc) is 2.91. The predicted molar refractivity (Wildman–Crippen MR) is 141 cm³/mol. The molecule has 1 aliphatic rings. The van der Waals surface area contributed by atoms with E-state index in [9.17, 15) is 9.18 Å². The van der Waals surface area contributed by atoms with Gasteiger partial charge in [-0.3, -0.25) is 4.90 Å². The maximum atomic E-state index is 13.2. The van der Waals surface area contributed by atoms with Gasteiger partial charge in [-0.25, -0.2) is 14.2 Å². The largest absolute Gasteiger partial charge is 0.414 e. The Hall–Kier alpha value is -3.67. The van der Waals surface area contributed by atoms with Crippen molar-refractivity contribution in [3.63, 3.8) is 0 Å². The number of carbonyl (C=O) groups is 1. The summed E-state index contributed by atoms with van der Waals surface area (Å²) >= 11 is 3.57. The second-order valence-electron chi connectivity index (χ2n) is 8.33. The van der Waals surface area contributed by atoms with Crippen LogP contribution < -0.4 is 15.4 Å². The van der Waals surface area contributed by atoms with E-state index in [4.69, 9.17) is 9.47 Å². The molecule has 0 saturated carbocycles. The smallest absolute Gasteiger partial charge is 0.391 e. The van der Waals surface area contributed by atoms with Crippen LogP contribution in [0.5, 0.6) is 5.88 Å². The second-order valence-corrected chi connectivity index (χ2v) is 9.18. The lowest BCUT2D eigenvalue weighted by Gasteiger charge is -2.26. The van der Waals surface area contributed by atoms with Gasteiger partial charge in [-0.2, -0.15) is 9.97 Å². The number of nitrogens with one attached hydrogen (secondary N) is 2. The molecule has 11 heteroatoms. The highest BCUT2D eigenvalue weighted by Gasteiger charge is 2.18. The number of hydrogen-bond donors (Lipinski definition) is 2. The summed E-state index contributed by atoms with van der Waals surface area (Å²) in [5, 5.41) is 6.49. The van der Waals surface area contributed by atoms with E-state index in [1.165, 1.54) is 12.1 Å². The third-order valence-electron chi connectivity index (χ3n) is 5.79. The summed E-state index contributed by atoms with van der Waals surface area (Å²) in [6.45, 7) is 4.20. The van der Waals surface area contributed by atoms with Crippen LogP contribution in [0, 0.1) is 5.82 Å². The summed E-state index contributed by atoms with van der Waals surface area (Å²) in [5.74, 6) is 0.0622. The molecule has 5 rings (SSSR count). The standard InChI is InChI=1S/C26H24BrFN6O3/c27-22-4-2-1-3-20(22)21-15-17-16-30-25(31-19-7-5-18(28)6-8-19)33-23(17)32-24(21)37-26(35)29-9-10-34-11-13-36-14-12-34/h1-8,15-16H,9-14H2,(H,29,35)(H,30,31,32,33). The quantitative estimate of drug-likeness (QED) is 0.330. The molecule has 0 unspecified atom stereocenters. The summed E-state index contributed by atoms with van der Waals surface area (Å²) in [4.78, 5) is 28.3. The van der Waals surface area contributed by atoms with E-state index >= 15 is 0 Å². The Morgan fingerprint density at radius 2 is 1.86 bits per heavy atom. The lowest BCUT2D eigenvalue weighted by Crippen LogP contribution is -2.41. The predicted octanol–water partition coefficient (Wildman–Crippen LogP) is 4.76. The van der Waals surface area contributed by atoms with E-state index in [0.717, 1.165) is 23.1 Å². The first-order chi connectivity index (χ1) is 18.0. The molecule has 37 heavy (non-hydrogen) atoms. The van der Waals surface area contributed by atoms with Crippen molar-refractivity contribution in [2.45, 2.75) is 0 Å². The Bertz CT molecular complexity index is 1400. The first kappa shape index (κ1) is 25.0. The van der Waals surface area contributed by atoms with Gasteiger partial charge in [-0.1, -0.05) is 34.1 Å². The Labute approximate surface area is 221 Å². The Kier molecular flexibility index (Phi) is 7.83. The zero-order chi connectivity index (χ0) is 25.6. The Balaban J connectivity index is 1.40. The molecule has 0 atom stereocenters. The average molecular weight is 567 g/mol. The highest BCUT2D eigenvalue weighted by atomic mass is 79.9. The minimum Gasteiger partial charge on any atom is -0.391 e. The summed E-state index contributed by atoms with van der Waals surface area (Å²) < 4.78 is 25.1. The van der Waals surface area contributed by atoms with Gasteiger partial charge in [-0.05, 0) is 36.4 Å². The van der Waals surface area contributed by atoms with E-state index < -0.39 is 6.09 Å². The molecule has 4 aromatic rings. The zero-order valence-electron chi connectivity index (χ0n) is 19.8. The molecule has 1 fully saturated rings. The van der Waals surface area contributed by atoms with E-state index in [1.807, 2.05) is 30.3 Å². The number of carbonyl (C=O) groups excluding carboxylic acids is 1. The number of hydrogen-bond acceptors (Lipinski definition) is 8. The highest BCUT2D eigenvalue weighted by Crippen LogP contribution is 2.36. The van der Waals surface area contributed by atoms with Crippen LogP contribution in [-0.2, 0) is 4.74 Å². The van der Waals surface area contributed by atoms with E-state index in [0.29, 0.717) is 48.6 Å². The van der Waals surface area contributed by atoms with Crippen molar-refractivity contribution < 1.29 is 18.7 Å². The highest BCUT2D eigenvalue weighted by molar-refractivity contribution is 9.10. The summed E-state index contributed by atoms with van der Waals surface area (Å²) in [5.41, 5.74) is 2.39. The van der Waals surface area contributed by atoms with E-state index in [-0.39, 0.29) is 17.6 Å². The normalized spacial score (nSPS) is 13.9. The summed E-state index contributed by atoms with van der Waals surface area (Å²) in [6.07, 6.45) is 1.03. The molecule has 9 nitrogen and oxygen atoms in total. The van der Waals surface area contributed by atoms with Crippen molar-refractivity contribution in [1.82, 2.24) is 25.2 Å². The number of fused-ring (bicyclic) bond motifs is 1. The van der Waals surface area contributed by atoms with Crippen LogP contribution in [0.25, 0.3) is 22.2 Å². The monoisotopic (exact) mass is 566 g/mol. The van der Waals surface area contributed by atoms with Crippen molar-refractivity contribution in [1.29, 1.82) is 0 Å². The van der Waals surface area contributed by atoms with E-state index in [2.05, 4.69) is 46.4 Å². The molecule has 0 bridgehead atoms. The van der Waals surface area contributed by atoms with Crippen LogP contribution in [0.3, 0.4) is 0 Å². The van der Waals surface area contributed by atoms with Crippen LogP contribution >= 0.6 is 15.9 Å². The number of aromatic nitrogens is 3. The molecule has 190 valence electrons. The SMILES string of the molecule is O=C(NCCN1CCOCC1)Oc1nc2nc(Nc3ccc(F)cc3)ncc2cc1-c1ccccc1Br. The van der Waals surface area contributed by atoms with E-state index in [1.54, 1.807) is 18.3 Å². The van der Waals surface area contributed by atoms with Crippen LogP contribution in [0.2, 0.25) is 0 Å². The first-order valence-corrected chi connectivity index (χ1v) is 12.6. The molecule has 0 aliphatic carbocycles. The number of ether oxygens (including phenoxy) is 2. The molecule has 2 aromatic heterocycles. The third-order valence-corrected chi connectivity index (χ3v) is 6.48. The number of pyridine rings is 1. The number of nitrogens with zero attached hydrogens (tertiary/aromatic N) is 4. The lowest BCUT2D eigenvalue weighted by atomic mass is 10.1. The number of morpholine rings is 1. The summed E-state index contributed by atoms with van der Waals surface area (Å²) in [7, 11) is 0. The minimum atomic E-state index is -0.605. The maximum absolute atomic E-state index is 13.2. The van der Waals surface area contributed by atoms with Gasteiger partial charge in [0.1, 0.15) is 5.82 Å². The molecule has 1 aliphatic heterocycles. The van der Waals surface area contributed by atoms with Gasteiger partial charge in [0, 0.05) is 59.0 Å². The van der Waals surface area contributed by atoms with Crippen molar-refractivity contribution in [2.24, 2.45) is 0 Å².